The maximum absolute atomic E-state index is 3.70. The molecule has 0 spiro atoms. The normalized spacial score (nSPS) is 12.2. The maximum atomic E-state index is 3.70. The average Bonchev–Trinajstić information content (AvgIpc) is 1.82. The third-order valence-corrected chi connectivity index (χ3v) is 2.07. The summed E-state index contributed by atoms with van der Waals surface area (Å²) in [4.78, 5) is 4.98. The molecular formula is C7H13NS. The lowest BCUT2D eigenvalue weighted by Crippen LogP contribution is -1.86. The molecule has 0 aromatic heterocycles. The monoisotopic (exact) mass is 143 g/mol. The molecule has 0 aromatic rings. The van der Waals surface area contributed by atoms with Gasteiger partial charge in [-0.3, -0.25) is 4.99 Å². The number of hydrogen-bond acceptors (Lipinski definition) is 2. The zero-order valence-electron chi connectivity index (χ0n) is 6.22. The van der Waals surface area contributed by atoms with Crippen molar-refractivity contribution in [1.82, 2.24) is 0 Å². The lowest BCUT2D eigenvalue weighted by Gasteiger charge is -2.04. The second-order valence-electron chi connectivity index (χ2n) is 2.07. The van der Waals surface area contributed by atoms with E-state index in [0.29, 0.717) is 5.92 Å². The standard InChI is InChI=1S/C7H13NS/c1-6(2)7(9-4)5-8-3/h5-6H,3H2,1-2,4H3/b7-5-. The quantitative estimate of drug-likeness (QED) is 0.553. The van der Waals surface area contributed by atoms with Crippen LogP contribution in [0.3, 0.4) is 0 Å². The molecule has 0 amide bonds. The predicted octanol–water partition coefficient (Wildman–Crippen LogP) is 2.55. The van der Waals surface area contributed by atoms with Gasteiger partial charge in [-0.15, -0.1) is 11.8 Å². The van der Waals surface area contributed by atoms with Gasteiger partial charge in [0.25, 0.3) is 0 Å². The maximum Gasteiger partial charge on any atom is 0.0358 e. The molecule has 0 saturated carbocycles. The molecule has 0 aromatic carbocycles. The second-order valence-corrected chi connectivity index (χ2v) is 2.95. The summed E-state index contributed by atoms with van der Waals surface area (Å²) >= 11 is 1.73. The van der Waals surface area contributed by atoms with Crippen LogP contribution in [0.25, 0.3) is 0 Å². The van der Waals surface area contributed by atoms with Gasteiger partial charge in [-0.2, -0.15) is 0 Å². The molecule has 0 atom stereocenters. The van der Waals surface area contributed by atoms with Gasteiger partial charge in [-0.05, 0) is 18.9 Å². The van der Waals surface area contributed by atoms with E-state index in [1.807, 2.05) is 6.20 Å². The minimum atomic E-state index is 0.575. The Kier molecular flexibility index (Phi) is 4.50. The summed E-state index contributed by atoms with van der Waals surface area (Å²) in [5, 5.41) is 0. The van der Waals surface area contributed by atoms with Crippen LogP contribution in [-0.4, -0.2) is 13.0 Å². The molecule has 0 aliphatic carbocycles. The highest BCUT2D eigenvalue weighted by molar-refractivity contribution is 8.02. The molecule has 52 valence electrons. The van der Waals surface area contributed by atoms with Gasteiger partial charge in [0.1, 0.15) is 0 Å². The minimum absolute atomic E-state index is 0.575. The van der Waals surface area contributed by atoms with Crippen molar-refractivity contribution in [3.63, 3.8) is 0 Å². The van der Waals surface area contributed by atoms with E-state index in [1.54, 1.807) is 11.8 Å². The number of thioether (sulfide) groups is 1. The van der Waals surface area contributed by atoms with Gasteiger partial charge in [0.05, 0.1) is 0 Å². The summed E-state index contributed by atoms with van der Waals surface area (Å²) in [6.45, 7) is 7.68. The van der Waals surface area contributed by atoms with Crippen molar-refractivity contribution in [1.29, 1.82) is 0 Å². The Hall–Kier alpha value is -0.240. The van der Waals surface area contributed by atoms with Gasteiger partial charge in [0.2, 0.25) is 0 Å². The molecule has 2 heteroatoms. The fraction of sp³-hybridized carbons (Fsp3) is 0.571. The summed E-state index contributed by atoms with van der Waals surface area (Å²) < 4.78 is 0. The summed E-state index contributed by atoms with van der Waals surface area (Å²) in [6.07, 6.45) is 3.87. The van der Waals surface area contributed by atoms with Crippen molar-refractivity contribution in [2.75, 3.05) is 6.26 Å². The Bertz CT molecular complexity index is 116. The van der Waals surface area contributed by atoms with Crippen molar-refractivity contribution >= 4 is 18.5 Å². The third kappa shape index (κ3) is 3.36. The summed E-state index contributed by atoms with van der Waals surface area (Å²) in [5.74, 6) is 0.575. The number of rotatable bonds is 3. The Balaban J connectivity index is 3.96. The van der Waals surface area contributed by atoms with E-state index in [-0.39, 0.29) is 0 Å². The van der Waals surface area contributed by atoms with Crippen LogP contribution in [0.4, 0.5) is 0 Å². The number of aliphatic imine (C=N–C) groups is 1. The number of nitrogens with zero attached hydrogens (tertiary/aromatic N) is 1. The molecule has 0 saturated heterocycles. The Labute approximate surface area is 61.3 Å². The third-order valence-electron chi connectivity index (χ3n) is 1.02. The van der Waals surface area contributed by atoms with Crippen molar-refractivity contribution in [3.05, 3.63) is 11.1 Å². The zero-order valence-corrected chi connectivity index (χ0v) is 7.03. The first kappa shape index (κ1) is 8.76. The molecule has 0 N–H and O–H groups in total. The molecule has 0 aliphatic heterocycles. The van der Waals surface area contributed by atoms with Gasteiger partial charge in [-0.1, -0.05) is 13.8 Å². The molecule has 0 aliphatic rings. The van der Waals surface area contributed by atoms with Gasteiger partial charge in [0.15, 0.2) is 0 Å². The van der Waals surface area contributed by atoms with E-state index in [2.05, 4.69) is 31.8 Å². The molecule has 1 nitrogen and oxygen atoms in total. The zero-order chi connectivity index (χ0) is 7.28. The predicted molar refractivity (Wildman–Crippen MR) is 46.0 cm³/mol. The van der Waals surface area contributed by atoms with Gasteiger partial charge < -0.3 is 0 Å². The highest BCUT2D eigenvalue weighted by atomic mass is 32.2. The first-order valence-corrected chi connectivity index (χ1v) is 4.14. The van der Waals surface area contributed by atoms with E-state index in [4.69, 9.17) is 0 Å². The summed E-state index contributed by atoms with van der Waals surface area (Å²) in [6, 6.07) is 0. The summed E-state index contributed by atoms with van der Waals surface area (Å²) in [5.41, 5.74) is 0. The van der Waals surface area contributed by atoms with Crippen molar-refractivity contribution in [3.8, 4) is 0 Å². The Morgan fingerprint density at radius 2 is 2.22 bits per heavy atom. The molecule has 0 bridgehead atoms. The molecule has 9 heavy (non-hydrogen) atoms. The minimum Gasteiger partial charge on any atom is -0.272 e. The van der Waals surface area contributed by atoms with Crippen LogP contribution in [-0.2, 0) is 0 Å². The van der Waals surface area contributed by atoms with E-state index < -0.39 is 0 Å². The van der Waals surface area contributed by atoms with Gasteiger partial charge in [-0.25, -0.2) is 0 Å². The van der Waals surface area contributed by atoms with Crippen LogP contribution in [0.1, 0.15) is 13.8 Å². The molecular weight excluding hydrogens is 130 g/mol. The van der Waals surface area contributed by atoms with Crippen LogP contribution >= 0.6 is 11.8 Å². The van der Waals surface area contributed by atoms with Crippen molar-refractivity contribution in [2.24, 2.45) is 10.9 Å². The van der Waals surface area contributed by atoms with Crippen molar-refractivity contribution in [2.45, 2.75) is 13.8 Å². The van der Waals surface area contributed by atoms with E-state index in [9.17, 15) is 0 Å². The topological polar surface area (TPSA) is 12.4 Å². The van der Waals surface area contributed by atoms with Gasteiger partial charge in [0, 0.05) is 11.1 Å². The Morgan fingerprint density at radius 1 is 1.67 bits per heavy atom. The molecule has 0 heterocycles. The SMILES string of the molecule is C=N/C=C(\SC)C(C)C. The van der Waals surface area contributed by atoms with E-state index in [1.165, 1.54) is 4.91 Å². The second kappa shape index (κ2) is 4.62. The number of allylic oxidation sites excluding steroid dienone is 1. The van der Waals surface area contributed by atoms with Crippen LogP contribution in [0.15, 0.2) is 16.1 Å². The molecule has 0 radical (unpaired) electrons. The van der Waals surface area contributed by atoms with Crippen molar-refractivity contribution < 1.29 is 0 Å². The van der Waals surface area contributed by atoms with Crippen LogP contribution in [0.5, 0.6) is 0 Å². The molecule has 0 rings (SSSR count). The van der Waals surface area contributed by atoms with Crippen LogP contribution in [0.2, 0.25) is 0 Å². The molecule has 0 fully saturated rings. The first-order valence-electron chi connectivity index (χ1n) is 2.92. The molecule has 0 unspecified atom stereocenters. The van der Waals surface area contributed by atoms with Gasteiger partial charge >= 0.3 is 0 Å². The average molecular weight is 143 g/mol. The lowest BCUT2D eigenvalue weighted by molar-refractivity contribution is 0.814. The van der Waals surface area contributed by atoms with Crippen LogP contribution in [0, 0.1) is 5.92 Å². The highest BCUT2D eigenvalue weighted by Crippen LogP contribution is 2.20. The lowest BCUT2D eigenvalue weighted by atomic mass is 10.2. The van der Waals surface area contributed by atoms with E-state index >= 15 is 0 Å². The fourth-order valence-corrected chi connectivity index (χ4v) is 1.18. The number of hydrogen-bond donors (Lipinski definition) is 0. The highest BCUT2D eigenvalue weighted by Gasteiger charge is 1.98. The van der Waals surface area contributed by atoms with E-state index in [0.717, 1.165) is 0 Å². The Morgan fingerprint density at radius 3 is 2.33 bits per heavy atom. The summed E-state index contributed by atoms with van der Waals surface area (Å²) in [7, 11) is 0. The fourth-order valence-electron chi connectivity index (χ4n) is 0.527. The smallest absolute Gasteiger partial charge is 0.0358 e. The van der Waals surface area contributed by atoms with Crippen LogP contribution < -0.4 is 0 Å². The largest absolute Gasteiger partial charge is 0.272 e. The first-order chi connectivity index (χ1) is 4.22.